The van der Waals surface area contributed by atoms with Gasteiger partial charge in [0.2, 0.25) is 0 Å². The third-order valence-electron chi connectivity index (χ3n) is 5.32. The van der Waals surface area contributed by atoms with Crippen LogP contribution in [-0.2, 0) is 6.42 Å². The lowest BCUT2D eigenvalue weighted by molar-refractivity contribution is 0.176. The molecule has 2 N–H and O–H groups in total. The van der Waals surface area contributed by atoms with E-state index in [1.54, 1.807) is 10.4 Å². The molecule has 106 valence electrons. The van der Waals surface area contributed by atoms with Crippen molar-refractivity contribution in [3.63, 3.8) is 0 Å². The summed E-state index contributed by atoms with van der Waals surface area (Å²) in [4.78, 5) is 1.61. The van der Waals surface area contributed by atoms with Gasteiger partial charge in [-0.3, -0.25) is 0 Å². The largest absolute Gasteiger partial charge is 0.327 e. The Hall–Kier alpha value is -0.340. The van der Waals surface area contributed by atoms with Crippen molar-refractivity contribution in [1.29, 1.82) is 0 Å². The number of thiophene rings is 1. The van der Waals surface area contributed by atoms with Gasteiger partial charge in [-0.25, -0.2) is 0 Å². The Labute approximate surface area is 121 Å². The minimum absolute atomic E-state index is 0.388. The standard InChI is InChI=1S/C17H27NS/c1-11-8-12(2)10-13(9-11)17(18)15-4-3-5-16-14(15)6-7-19-16/h6-7,11-13,15,17H,3-5,8-10,18H2,1-2H3. The molecule has 2 aliphatic carbocycles. The second kappa shape index (κ2) is 5.57. The van der Waals surface area contributed by atoms with Crippen LogP contribution in [0.5, 0.6) is 0 Å². The Bertz CT molecular complexity index is 415. The summed E-state index contributed by atoms with van der Waals surface area (Å²) in [6, 6.07) is 2.73. The van der Waals surface area contributed by atoms with E-state index in [1.807, 2.05) is 11.3 Å². The second-order valence-corrected chi connectivity index (χ2v) is 8.05. The fourth-order valence-electron chi connectivity index (χ4n) is 4.57. The summed E-state index contributed by atoms with van der Waals surface area (Å²) in [5.74, 6) is 3.11. The number of fused-ring (bicyclic) bond motifs is 1. The van der Waals surface area contributed by atoms with E-state index in [9.17, 15) is 0 Å². The van der Waals surface area contributed by atoms with Gasteiger partial charge in [-0.15, -0.1) is 11.3 Å². The molecule has 1 heterocycles. The third-order valence-corrected chi connectivity index (χ3v) is 6.32. The molecule has 0 radical (unpaired) electrons. The molecule has 19 heavy (non-hydrogen) atoms. The molecule has 4 unspecified atom stereocenters. The Morgan fingerprint density at radius 2 is 1.95 bits per heavy atom. The van der Waals surface area contributed by atoms with Gasteiger partial charge in [0.25, 0.3) is 0 Å². The zero-order valence-corrected chi connectivity index (χ0v) is 13.1. The average molecular weight is 277 g/mol. The van der Waals surface area contributed by atoms with Gasteiger partial charge in [-0.05, 0) is 73.3 Å². The van der Waals surface area contributed by atoms with Gasteiger partial charge in [-0.1, -0.05) is 13.8 Å². The van der Waals surface area contributed by atoms with Crippen molar-refractivity contribution >= 4 is 11.3 Å². The number of hydrogen-bond acceptors (Lipinski definition) is 2. The Kier molecular flexibility index (Phi) is 4.00. The van der Waals surface area contributed by atoms with E-state index in [2.05, 4.69) is 25.3 Å². The molecule has 0 bridgehead atoms. The van der Waals surface area contributed by atoms with E-state index in [-0.39, 0.29) is 0 Å². The fourth-order valence-corrected chi connectivity index (χ4v) is 5.57. The highest BCUT2D eigenvalue weighted by Crippen LogP contribution is 2.42. The molecule has 2 aliphatic rings. The Morgan fingerprint density at radius 1 is 1.21 bits per heavy atom. The van der Waals surface area contributed by atoms with Gasteiger partial charge in [-0.2, -0.15) is 0 Å². The Balaban J connectivity index is 1.76. The third kappa shape index (κ3) is 2.75. The molecule has 0 spiro atoms. The Morgan fingerprint density at radius 3 is 2.68 bits per heavy atom. The summed E-state index contributed by atoms with van der Waals surface area (Å²) in [6.07, 6.45) is 8.03. The molecule has 0 amide bonds. The highest BCUT2D eigenvalue weighted by Gasteiger charge is 2.35. The molecule has 0 aliphatic heterocycles. The topological polar surface area (TPSA) is 26.0 Å². The van der Waals surface area contributed by atoms with Crippen LogP contribution in [0.3, 0.4) is 0 Å². The van der Waals surface area contributed by atoms with Crippen LogP contribution >= 0.6 is 11.3 Å². The summed E-state index contributed by atoms with van der Waals surface area (Å²) in [5, 5.41) is 2.27. The summed E-state index contributed by atoms with van der Waals surface area (Å²) >= 11 is 1.94. The zero-order valence-electron chi connectivity index (χ0n) is 12.3. The van der Waals surface area contributed by atoms with Crippen molar-refractivity contribution in [1.82, 2.24) is 0 Å². The van der Waals surface area contributed by atoms with Crippen molar-refractivity contribution in [2.75, 3.05) is 0 Å². The van der Waals surface area contributed by atoms with Crippen molar-refractivity contribution in [3.8, 4) is 0 Å². The summed E-state index contributed by atoms with van der Waals surface area (Å²) in [5.41, 5.74) is 8.32. The first-order chi connectivity index (χ1) is 9.15. The lowest BCUT2D eigenvalue weighted by Crippen LogP contribution is -2.40. The molecule has 3 rings (SSSR count). The molecular weight excluding hydrogens is 250 g/mol. The van der Waals surface area contributed by atoms with E-state index in [0.717, 1.165) is 17.8 Å². The molecular formula is C17H27NS. The predicted molar refractivity (Wildman–Crippen MR) is 83.6 cm³/mol. The molecule has 0 aromatic carbocycles. The van der Waals surface area contributed by atoms with Crippen molar-refractivity contribution in [3.05, 3.63) is 21.9 Å². The summed E-state index contributed by atoms with van der Waals surface area (Å²) in [6.45, 7) is 4.82. The first kappa shape index (κ1) is 13.6. The highest BCUT2D eigenvalue weighted by atomic mass is 32.1. The lowest BCUT2D eigenvalue weighted by atomic mass is 9.69. The summed E-state index contributed by atoms with van der Waals surface area (Å²) < 4.78 is 0. The molecule has 1 aromatic rings. The van der Waals surface area contributed by atoms with Crippen LogP contribution in [0.1, 0.15) is 62.3 Å². The molecule has 1 aromatic heterocycles. The molecule has 4 atom stereocenters. The average Bonchev–Trinajstić information content (AvgIpc) is 2.84. The quantitative estimate of drug-likeness (QED) is 0.842. The second-order valence-electron chi connectivity index (χ2n) is 7.05. The van der Waals surface area contributed by atoms with Crippen molar-refractivity contribution < 1.29 is 0 Å². The maximum atomic E-state index is 6.73. The fraction of sp³-hybridized carbons (Fsp3) is 0.765. The first-order valence-corrected chi connectivity index (χ1v) is 8.85. The number of nitrogens with two attached hydrogens (primary N) is 1. The van der Waals surface area contributed by atoms with E-state index in [4.69, 9.17) is 5.73 Å². The van der Waals surface area contributed by atoms with Crippen LogP contribution in [0.2, 0.25) is 0 Å². The summed E-state index contributed by atoms with van der Waals surface area (Å²) in [7, 11) is 0. The van der Waals surface area contributed by atoms with Gasteiger partial charge < -0.3 is 5.73 Å². The van der Waals surface area contributed by atoms with Gasteiger partial charge in [0, 0.05) is 16.8 Å². The van der Waals surface area contributed by atoms with Gasteiger partial charge in [0.15, 0.2) is 0 Å². The maximum Gasteiger partial charge on any atom is 0.0137 e. The lowest BCUT2D eigenvalue weighted by Gasteiger charge is -2.39. The van der Waals surface area contributed by atoms with Crippen LogP contribution in [0, 0.1) is 17.8 Å². The van der Waals surface area contributed by atoms with Crippen LogP contribution in [0.4, 0.5) is 0 Å². The van der Waals surface area contributed by atoms with Crippen molar-refractivity contribution in [2.45, 2.75) is 64.3 Å². The van der Waals surface area contributed by atoms with Crippen LogP contribution in [-0.4, -0.2) is 6.04 Å². The van der Waals surface area contributed by atoms with Crippen LogP contribution in [0.25, 0.3) is 0 Å². The number of rotatable bonds is 2. The van der Waals surface area contributed by atoms with E-state index < -0.39 is 0 Å². The monoisotopic (exact) mass is 277 g/mol. The zero-order chi connectivity index (χ0) is 13.4. The van der Waals surface area contributed by atoms with Crippen molar-refractivity contribution in [2.24, 2.45) is 23.5 Å². The van der Waals surface area contributed by atoms with E-state index in [0.29, 0.717) is 12.0 Å². The molecule has 0 saturated heterocycles. The highest BCUT2D eigenvalue weighted by molar-refractivity contribution is 7.10. The molecule has 2 heteroatoms. The number of hydrogen-bond donors (Lipinski definition) is 1. The van der Waals surface area contributed by atoms with Gasteiger partial charge in [0.1, 0.15) is 0 Å². The molecule has 1 saturated carbocycles. The van der Waals surface area contributed by atoms with E-state index >= 15 is 0 Å². The van der Waals surface area contributed by atoms with Gasteiger partial charge >= 0.3 is 0 Å². The van der Waals surface area contributed by atoms with E-state index in [1.165, 1.54) is 38.5 Å². The number of aryl methyl sites for hydroxylation is 1. The van der Waals surface area contributed by atoms with Crippen LogP contribution < -0.4 is 5.73 Å². The van der Waals surface area contributed by atoms with Gasteiger partial charge in [0.05, 0.1) is 0 Å². The van der Waals surface area contributed by atoms with Crippen LogP contribution in [0.15, 0.2) is 11.4 Å². The minimum atomic E-state index is 0.388. The minimum Gasteiger partial charge on any atom is -0.327 e. The molecule has 1 fully saturated rings. The maximum absolute atomic E-state index is 6.73. The normalized spacial score (nSPS) is 36.8. The predicted octanol–water partition coefficient (Wildman–Crippen LogP) is 4.57. The SMILES string of the molecule is CC1CC(C)CC(C(N)C2CCCc3sccc32)C1. The smallest absolute Gasteiger partial charge is 0.0137 e. The molecule has 1 nitrogen and oxygen atoms in total. The first-order valence-electron chi connectivity index (χ1n) is 7.97.